The smallest absolute Gasteiger partial charge is 0.289 e. The SMILES string of the molecule is CC(=C1C(=O)Nc2ccc(CN3C(=O)CSC3=O)cc21)c1cc(CN2CCOCC2)c[nH]1.Cl. The fourth-order valence-corrected chi connectivity index (χ4v) is 5.03. The van der Waals surface area contributed by atoms with E-state index in [9.17, 15) is 14.4 Å². The summed E-state index contributed by atoms with van der Waals surface area (Å²) in [5.74, 6) is -0.142. The van der Waals surface area contributed by atoms with E-state index in [1.807, 2.05) is 31.3 Å². The van der Waals surface area contributed by atoms with Crippen LogP contribution in [0.2, 0.25) is 0 Å². The molecule has 3 amide bonds. The maximum Gasteiger partial charge on any atom is 0.289 e. The van der Waals surface area contributed by atoms with E-state index in [1.54, 1.807) is 0 Å². The van der Waals surface area contributed by atoms with Gasteiger partial charge in [-0.1, -0.05) is 17.8 Å². The number of ether oxygens (including phenoxy) is 1. The minimum absolute atomic E-state index is 0. The number of carbonyl (C=O) groups is 3. The molecule has 4 heterocycles. The van der Waals surface area contributed by atoms with Crippen molar-refractivity contribution in [3.05, 3.63) is 52.8 Å². The molecule has 10 heteroatoms. The van der Waals surface area contributed by atoms with Crippen LogP contribution in [0.15, 0.2) is 30.5 Å². The molecular weight excluding hydrogens is 464 g/mol. The fraction of sp³-hybridized carbons (Fsp3) is 0.348. The van der Waals surface area contributed by atoms with Crippen LogP contribution in [-0.4, -0.2) is 63.9 Å². The molecule has 2 fully saturated rings. The Morgan fingerprint density at radius 1 is 1.09 bits per heavy atom. The molecule has 2 aromatic rings. The van der Waals surface area contributed by atoms with Gasteiger partial charge in [0.2, 0.25) is 5.91 Å². The van der Waals surface area contributed by atoms with E-state index < -0.39 is 0 Å². The van der Waals surface area contributed by atoms with Crippen LogP contribution in [0.3, 0.4) is 0 Å². The van der Waals surface area contributed by atoms with E-state index in [0.717, 1.165) is 78.3 Å². The van der Waals surface area contributed by atoms with E-state index >= 15 is 0 Å². The number of aromatic amines is 1. The number of hydrogen-bond acceptors (Lipinski definition) is 6. The Morgan fingerprint density at radius 3 is 2.61 bits per heavy atom. The number of imide groups is 1. The maximum atomic E-state index is 12.8. The van der Waals surface area contributed by atoms with Crippen LogP contribution >= 0.6 is 24.2 Å². The third-order valence-electron chi connectivity index (χ3n) is 6.04. The molecule has 8 nitrogen and oxygen atoms in total. The van der Waals surface area contributed by atoms with Crippen molar-refractivity contribution in [3.63, 3.8) is 0 Å². The van der Waals surface area contributed by atoms with E-state index in [1.165, 1.54) is 4.90 Å². The van der Waals surface area contributed by atoms with Gasteiger partial charge in [-0.3, -0.25) is 24.2 Å². The standard InChI is InChI=1S/C23H24N4O4S.ClH/c1-14(19-9-16(10-24-19)11-26-4-6-31-7-5-26)21-17-8-15(2-3-18(17)25-22(21)29)12-27-20(28)13-32-23(27)30;/h2-3,8-10,24H,4-7,11-13H2,1H3,(H,25,29);1H. The average Bonchev–Trinajstić information content (AvgIpc) is 3.47. The Labute approximate surface area is 202 Å². The number of allylic oxidation sites excluding steroid dienone is 1. The number of nitrogens with zero attached hydrogens (tertiary/aromatic N) is 2. The second-order valence-electron chi connectivity index (χ2n) is 8.18. The summed E-state index contributed by atoms with van der Waals surface area (Å²) in [5.41, 5.74) is 5.87. The van der Waals surface area contributed by atoms with E-state index in [4.69, 9.17) is 4.74 Å². The topological polar surface area (TPSA) is 94.7 Å². The second-order valence-corrected chi connectivity index (χ2v) is 9.11. The zero-order chi connectivity index (χ0) is 22.2. The summed E-state index contributed by atoms with van der Waals surface area (Å²) in [6.07, 6.45) is 1.99. The van der Waals surface area contributed by atoms with Crippen molar-refractivity contribution in [2.45, 2.75) is 20.0 Å². The van der Waals surface area contributed by atoms with Gasteiger partial charge in [0.1, 0.15) is 0 Å². The molecule has 0 unspecified atom stereocenters. The van der Waals surface area contributed by atoms with Crippen molar-refractivity contribution in [1.29, 1.82) is 0 Å². The number of carbonyl (C=O) groups excluding carboxylic acids is 3. The second kappa shape index (κ2) is 9.72. The monoisotopic (exact) mass is 488 g/mol. The third kappa shape index (κ3) is 4.72. The number of benzene rings is 1. The normalized spacial score (nSPS) is 20.0. The lowest BCUT2D eigenvalue weighted by Gasteiger charge is -2.25. The highest BCUT2D eigenvalue weighted by atomic mass is 35.5. The molecule has 174 valence electrons. The summed E-state index contributed by atoms with van der Waals surface area (Å²) >= 11 is 1.02. The summed E-state index contributed by atoms with van der Waals surface area (Å²) in [6.45, 7) is 6.33. The minimum atomic E-state index is -0.226. The van der Waals surface area contributed by atoms with E-state index in [-0.39, 0.29) is 41.8 Å². The molecule has 0 aliphatic carbocycles. The van der Waals surface area contributed by atoms with E-state index in [0.29, 0.717) is 5.57 Å². The lowest BCUT2D eigenvalue weighted by atomic mass is 9.98. The number of anilines is 1. The van der Waals surface area contributed by atoms with Crippen molar-refractivity contribution in [2.24, 2.45) is 0 Å². The van der Waals surface area contributed by atoms with Gasteiger partial charge in [-0.05, 0) is 41.8 Å². The molecular formula is C23H25ClN4O4S. The number of hydrogen-bond donors (Lipinski definition) is 2. The van der Waals surface area contributed by atoms with Gasteiger partial charge in [-0.25, -0.2) is 0 Å². The molecule has 33 heavy (non-hydrogen) atoms. The first-order valence-corrected chi connectivity index (χ1v) is 11.6. The predicted octanol–water partition coefficient (Wildman–Crippen LogP) is 3.35. The molecule has 0 spiro atoms. The van der Waals surface area contributed by atoms with Crippen molar-refractivity contribution in [2.75, 3.05) is 37.4 Å². The Balaban J connectivity index is 0.00000259. The molecule has 0 saturated carbocycles. The first-order valence-electron chi connectivity index (χ1n) is 10.6. The van der Waals surface area contributed by atoms with Crippen LogP contribution in [0, 0.1) is 0 Å². The molecule has 2 saturated heterocycles. The van der Waals surface area contributed by atoms with Gasteiger partial charge >= 0.3 is 0 Å². The summed E-state index contributed by atoms with van der Waals surface area (Å²) in [4.78, 5) is 43.7. The van der Waals surface area contributed by atoms with Gasteiger partial charge in [-0.15, -0.1) is 12.4 Å². The summed E-state index contributed by atoms with van der Waals surface area (Å²) in [7, 11) is 0. The lowest BCUT2D eigenvalue weighted by Crippen LogP contribution is -2.35. The zero-order valence-corrected chi connectivity index (χ0v) is 19.8. The average molecular weight is 489 g/mol. The van der Waals surface area contributed by atoms with Gasteiger partial charge in [0.25, 0.3) is 11.1 Å². The van der Waals surface area contributed by atoms with Crippen LogP contribution in [0.1, 0.15) is 29.3 Å². The number of fused-ring (bicyclic) bond motifs is 1. The van der Waals surface area contributed by atoms with Crippen molar-refractivity contribution < 1.29 is 19.1 Å². The maximum absolute atomic E-state index is 12.8. The quantitative estimate of drug-likeness (QED) is 0.627. The molecule has 1 aromatic heterocycles. The number of rotatable bonds is 5. The summed E-state index contributed by atoms with van der Waals surface area (Å²) < 4.78 is 5.41. The van der Waals surface area contributed by atoms with Crippen LogP contribution in [-0.2, 0) is 27.4 Å². The largest absolute Gasteiger partial charge is 0.379 e. The predicted molar refractivity (Wildman–Crippen MR) is 130 cm³/mol. The number of halogens is 1. The van der Waals surface area contributed by atoms with Crippen molar-refractivity contribution >= 4 is 58.1 Å². The number of thioether (sulfide) groups is 1. The van der Waals surface area contributed by atoms with Gasteiger partial charge in [0.05, 0.1) is 31.1 Å². The molecule has 0 atom stereocenters. The van der Waals surface area contributed by atoms with Gasteiger partial charge in [0.15, 0.2) is 0 Å². The van der Waals surface area contributed by atoms with Gasteiger partial charge in [0, 0.05) is 42.8 Å². The number of aromatic nitrogens is 1. The van der Waals surface area contributed by atoms with Crippen LogP contribution in [0.4, 0.5) is 10.5 Å². The van der Waals surface area contributed by atoms with Crippen LogP contribution < -0.4 is 5.32 Å². The van der Waals surface area contributed by atoms with Crippen molar-refractivity contribution in [1.82, 2.24) is 14.8 Å². The number of nitrogens with one attached hydrogen (secondary N) is 2. The van der Waals surface area contributed by atoms with Crippen LogP contribution in [0.25, 0.3) is 11.1 Å². The Kier molecular flexibility index (Phi) is 6.94. The highest BCUT2D eigenvalue weighted by molar-refractivity contribution is 8.14. The van der Waals surface area contributed by atoms with Gasteiger partial charge in [-0.2, -0.15) is 0 Å². The van der Waals surface area contributed by atoms with Crippen molar-refractivity contribution in [3.8, 4) is 0 Å². The molecule has 3 aliphatic heterocycles. The minimum Gasteiger partial charge on any atom is -0.379 e. The lowest BCUT2D eigenvalue weighted by molar-refractivity contribution is -0.125. The first kappa shape index (κ1) is 23.6. The molecule has 0 radical (unpaired) electrons. The summed E-state index contributed by atoms with van der Waals surface area (Å²) in [5, 5.41) is 2.70. The zero-order valence-electron chi connectivity index (χ0n) is 18.2. The Morgan fingerprint density at radius 2 is 1.88 bits per heavy atom. The Bertz CT molecular complexity index is 1120. The molecule has 0 bridgehead atoms. The van der Waals surface area contributed by atoms with Gasteiger partial charge < -0.3 is 15.0 Å². The highest BCUT2D eigenvalue weighted by Gasteiger charge is 2.31. The fourth-order valence-electron chi connectivity index (χ4n) is 4.30. The molecule has 2 N–H and O–H groups in total. The number of morpholine rings is 1. The Hall–Kier alpha value is -2.59. The molecule has 1 aromatic carbocycles. The molecule has 3 aliphatic rings. The number of H-pyrrole nitrogens is 1. The molecule has 5 rings (SSSR count). The van der Waals surface area contributed by atoms with Crippen LogP contribution in [0.5, 0.6) is 0 Å². The third-order valence-corrected chi connectivity index (χ3v) is 6.90. The number of amides is 3. The van der Waals surface area contributed by atoms with E-state index in [2.05, 4.69) is 21.3 Å². The highest BCUT2D eigenvalue weighted by Crippen LogP contribution is 2.38. The first-order chi connectivity index (χ1) is 15.5. The summed E-state index contributed by atoms with van der Waals surface area (Å²) in [6, 6.07) is 7.66.